The van der Waals surface area contributed by atoms with E-state index in [4.69, 9.17) is 4.74 Å². The molecule has 3 aromatic rings. The van der Waals surface area contributed by atoms with Gasteiger partial charge in [0, 0.05) is 6.04 Å². The maximum Gasteiger partial charge on any atom is 0.243 e. The van der Waals surface area contributed by atoms with Crippen molar-refractivity contribution < 1.29 is 22.3 Å². The third-order valence-electron chi connectivity index (χ3n) is 5.83. The Bertz CT molecular complexity index is 1210. The van der Waals surface area contributed by atoms with E-state index in [-0.39, 0.29) is 17.5 Å². The lowest BCUT2D eigenvalue weighted by Crippen LogP contribution is -2.45. The molecule has 34 heavy (non-hydrogen) atoms. The zero-order valence-electron chi connectivity index (χ0n) is 18.7. The summed E-state index contributed by atoms with van der Waals surface area (Å²) in [4.78, 5) is 13.0. The Morgan fingerprint density at radius 1 is 0.912 bits per heavy atom. The van der Waals surface area contributed by atoms with Crippen molar-refractivity contribution in [3.63, 3.8) is 0 Å². The molecule has 1 amide bonds. The van der Waals surface area contributed by atoms with Crippen LogP contribution in [0.1, 0.15) is 32.1 Å². The van der Waals surface area contributed by atoms with Crippen LogP contribution in [0.2, 0.25) is 0 Å². The molecule has 0 radical (unpaired) electrons. The average molecular weight is 483 g/mol. The first-order valence-electron chi connectivity index (χ1n) is 11.3. The first-order valence-corrected chi connectivity index (χ1v) is 12.8. The van der Waals surface area contributed by atoms with Gasteiger partial charge in [0.2, 0.25) is 15.9 Å². The molecule has 0 bridgehead atoms. The van der Waals surface area contributed by atoms with Crippen molar-refractivity contribution in [3.05, 3.63) is 84.7 Å². The average Bonchev–Trinajstić information content (AvgIpc) is 2.85. The SMILES string of the molecule is O=C(CN(C1CCCCC1)S(=O)(=O)c1ccc(F)cc1)Nc1ccccc1Oc1ccccc1. The first-order chi connectivity index (χ1) is 16.4. The number of amides is 1. The number of ether oxygens (including phenoxy) is 1. The molecule has 0 saturated heterocycles. The Hall–Kier alpha value is -3.23. The van der Waals surface area contributed by atoms with E-state index in [9.17, 15) is 17.6 Å². The summed E-state index contributed by atoms with van der Waals surface area (Å²) in [6.45, 7) is -0.343. The summed E-state index contributed by atoms with van der Waals surface area (Å²) in [6.07, 6.45) is 4.20. The number of hydrogen-bond donors (Lipinski definition) is 1. The monoisotopic (exact) mass is 482 g/mol. The van der Waals surface area contributed by atoms with Gasteiger partial charge in [-0.2, -0.15) is 4.31 Å². The summed E-state index contributed by atoms with van der Waals surface area (Å²) >= 11 is 0. The molecule has 1 aliphatic carbocycles. The zero-order valence-corrected chi connectivity index (χ0v) is 19.5. The van der Waals surface area contributed by atoms with Crippen LogP contribution in [0.5, 0.6) is 11.5 Å². The van der Waals surface area contributed by atoms with Gasteiger partial charge in [0.25, 0.3) is 0 Å². The molecular weight excluding hydrogens is 455 g/mol. The van der Waals surface area contributed by atoms with Gasteiger partial charge in [-0.3, -0.25) is 4.79 Å². The van der Waals surface area contributed by atoms with Crippen LogP contribution in [0.15, 0.2) is 83.8 Å². The lowest BCUT2D eigenvalue weighted by atomic mass is 9.95. The third kappa shape index (κ3) is 5.81. The Kier molecular flexibility index (Phi) is 7.59. The molecule has 1 N–H and O–H groups in total. The van der Waals surface area contributed by atoms with Crippen molar-refractivity contribution in [2.75, 3.05) is 11.9 Å². The van der Waals surface area contributed by atoms with Crippen LogP contribution in [-0.2, 0) is 14.8 Å². The lowest BCUT2D eigenvalue weighted by molar-refractivity contribution is -0.116. The molecule has 178 valence electrons. The van der Waals surface area contributed by atoms with Crippen molar-refractivity contribution in [2.45, 2.75) is 43.0 Å². The van der Waals surface area contributed by atoms with E-state index >= 15 is 0 Å². The van der Waals surface area contributed by atoms with E-state index in [0.29, 0.717) is 30.0 Å². The highest BCUT2D eigenvalue weighted by molar-refractivity contribution is 7.89. The van der Waals surface area contributed by atoms with Crippen LogP contribution in [0.3, 0.4) is 0 Å². The molecule has 1 fully saturated rings. The zero-order chi connectivity index (χ0) is 24.0. The van der Waals surface area contributed by atoms with Gasteiger partial charge < -0.3 is 10.1 Å². The van der Waals surface area contributed by atoms with Crippen LogP contribution in [0.25, 0.3) is 0 Å². The topological polar surface area (TPSA) is 75.7 Å². The largest absolute Gasteiger partial charge is 0.455 e. The fourth-order valence-electron chi connectivity index (χ4n) is 4.13. The highest BCUT2D eigenvalue weighted by Gasteiger charge is 2.34. The number of carbonyl (C=O) groups is 1. The van der Waals surface area contributed by atoms with Crippen molar-refractivity contribution in [2.24, 2.45) is 0 Å². The smallest absolute Gasteiger partial charge is 0.243 e. The molecule has 0 aliphatic heterocycles. The lowest BCUT2D eigenvalue weighted by Gasteiger charge is -2.33. The van der Waals surface area contributed by atoms with Gasteiger partial charge in [-0.1, -0.05) is 49.6 Å². The number of halogens is 1. The Morgan fingerprint density at radius 2 is 1.56 bits per heavy atom. The molecule has 1 aliphatic rings. The molecule has 0 unspecified atom stereocenters. The fraction of sp³-hybridized carbons (Fsp3) is 0.269. The van der Waals surface area contributed by atoms with Crippen LogP contribution in [0.4, 0.5) is 10.1 Å². The van der Waals surface area contributed by atoms with Crippen LogP contribution >= 0.6 is 0 Å². The molecule has 0 spiro atoms. The number of nitrogens with zero attached hydrogens (tertiary/aromatic N) is 1. The minimum absolute atomic E-state index is 0.0277. The number of para-hydroxylation sites is 3. The number of nitrogens with one attached hydrogen (secondary N) is 1. The van der Waals surface area contributed by atoms with Crippen molar-refractivity contribution in [3.8, 4) is 11.5 Å². The van der Waals surface area contributed by atoms with E-state index in [0.717, 1.165) is 31.4 Å². The quantitative estimate of drug-likeness (QED) is 0.455. The van der Waals surface area contributed by atoms with E-state index in [2.05, 4.69) is 5.32 Å². The maximum absolute atomic E-state index is 13.4. The van der Waals surface area contributed by atoms with Gasteiger partial charge in [-0.25, -0.2) is 12.8 Å². The van der Waals surface area contributed by atoms with Gasteiger partial charge in [-0.15, -0.1) is 0 Å². The molecule has 0 atom stereocenters. The molecule has 0 heterocycles. The second kappa shape index (κ2) is 10.8. The minimum Gasteiger partial charge on any atom is -0.455 e. The van der Waals surface area contributed by atoms with Crippen LogP contribution in [-0.4, -0.2) is 31.2 Å². The van der Waals surface area contributed by atoms with Crippen molar-refractivity contribution in [1.29, 1.82) is 0 Å². The summed E-state index contributed by atoms with van der Waals surface area (Å²) in [7, 11) is -3.99. The van der Waals surface area contributed by atoms with Crippen molar-refractivity contribution >= 4 is 21.6 Å². The number of carbonyl (C=O) groups excluding carboxylic acids is 1. The van der Waals surface area contributed by atoms with Crippen LogP contribution < -0.4 is 10.1 Å². The third-order valence-corrected chi connectivity index (χ3v) is 7.75. The highest BCUT2D eigenvalue weighted by Crippen LogP contribution is 2.31. The van der Waals surface area contributed by atoms with Gasteiger partial charge in [0.1, 0.15) is 11.6 Å². The maximum atomic E-state index is 13.4. The summed E-state index contributed by atoms with van der Waals surface area (Å²) in [6, 6.07) is 20.6. The molecule has 3 aromatic carbocycles. The first kappa shape index (κ1) is 23.9. The Balaban J connectivity index is 1.55. The second-order valence-corrected chi connectivity index (χ2v) is 10.1. The number of benzene rings is 3. The second-order valence-electron chi connectivity index (χ2n) is 8.26. The van der Waals surface area contributed by atoms with E-state index in [1.54, 1.807) is 36.4 Å². The standard InChI is InChI=1S/C26H27FN2O4S/c27-20-15-17-23(18-16-20)34(31,32)29(21-9-3-1-4-10-21)19-26(30)28-24-13-7-8-14-25(24)33-22-11-5-2-6-12-22/h2,5-8,11-18,21H,1,3-4,9-10,19H2,(H,28,30). The molecular formula is C26H27FN2O4S. The van der Waals surface area contributed by atoms with Gasteiger partial charge in [-0.05, 0) is 61.4 Å². The fourth-order valence-corrected chi connectivity index (χ4v) is 5.77. The molecule has 8 heteroatoms. The summed E-state index contributed by atoms with van der Waals surface area (Å²) in [5, 5.41) is 2.80. The highest BCUT2D eigenvalue weighted by atomic mass is 32.2. The molecule has 1 saturated carbocycles. The summed E-state index contributed by atoms with van der Waals surface area (Å²) in [5.41, 5.74) is 0.444. The Labute approximate surface area is 199 Å². The predicted molar refractivity (Wildman–Crippen MR) is 129 cm³/mol. The minimum atomic E-state index is -3.99. The number of anilines is 1. The van der Waals surface area contributed by atoms with Crippen molar-refractivity contribution in [1.82, 2.24) is 4.31 Å². The van der Waals surface area contributed by atoms with Gasteiger partial charge in [0.05, 0.1) is 17.1 Å². The number of sulfonamides is 1. The summed E-state index contributed by atoms with van der Waals surface area (Å²) < 4.78 is 47.4. The summed E-state index contributed by atoms with van der Waals surface area (Å²) in [5.74, 6) is 0.0795. The Morgan fingerprint density at radius 3 is 2.26 bits per heavy atom. The molecule has 0 aromatic heterocycles. The van der Waals surface area contributed by atoms with Crippen LogP contribution in [0, 0.1) is 5.82 Å². The van der Waals surface area contributed by atoms with Gasteiger partial charge >= 0.3 is 0 Å². The van der Waals surface area contributed by atoms with E-state index < -0.39 is 21.7 Å². The molecule has 4 rings (SSSR count). The van der Waals surface area contributed by atoms with E-state index in [1.807, 2.05) is 18.2 Å². The van der Waals surface area contributed by atoms with E-state index in [1.165, 1.54) is 16.4 Å². The number of hydrogen-bond acceptors (Lipinski definition) is 4. The predicted octanol–water partition coefficient (Wildman–Crippen LogP) is 5.58. The molecule has 6 nitrogen and oxygen atoms in total. The normalized spacial score (nSPS) is 14.6. The number of rotatable bonds is 8. The van der Waals surface area contributed by atoms with Gasteiger partial charge in [0.15, 0.2) is 5.75 Å².